The third-order valence-electron chi connectivity index (χ3n) is 3.13. The van der Waals surface area contributed by atoms with Crippen molar-refractivity contribution in [3.05, 3.63) is 85.0 Å². The number of para-hydroxylation sites is 1. The summed E-state index contributed by atoms with van der Waals surface area (Å²) < 4.78 is 10.9. The summed E-state index contributed by atoms with van der Waals surface area (Å²) >= 11 is 0. The molecule has 2 rings (SSSR count). The van der Waals surface area contributed by atoms with Gasteiger partial charge in [-0.15, -0.1) is 0 Å². The second kappa shape index (κ2) is 9.72. The fourth-order valence-electron chi connectivity index (χ4n) is 1.95. The minimum atomic E-state index is -0.309. The number of amides is 1. The molecule has 5 nitrogen and oxygen atoms in total. The first kappa shape index (κ1) is 18.0. The van der Waals surface area contributed by atoms with E-state index in [1.165, 1.54) is 6.21 Å². The molecule has 0 aromatic heterocycles. The first-order valence-corrected chi connectivity index (χ1v) is 7.74. The Hall–Kier alpha value is -3.34. The molecule has 0 aliphatic heterocycles. The van der Waals surface area contributed by atoms with E-state index in [0.29, 0.717) is 30.3 Å². The van der Waals surface area contributed by atoms with Gasteiger partial charge in [0.2, 0.25) is 0 Å². The Morgan fingerprint density at radius 3 is 2.40 bits per heavy atom. The van der Waals surface area contributed by atoms with Crippen molar-refractivity contribution in [1.82, 2.24) is 5.43 Å². The van der Waals surface area contributed by atoms with Crippen LogP contribution in [0.4, 0.5) is 0 Å². The van der Waals surface area contributed by atoms with Gasteiger partial charge in [0.1, 0.15) is 24.7 Å². The van der Waals surface area contributed by atoms with Crippen LogP contribution in [0.1, 0.15) is 15.9 Å². The number of nitrogens with zero attached hydrogens (tertiary/aromatic N) is 1. The molecular formula is C20H20N2O3. The van der Waals surface area contributed by atoms with Gasteiger partial charge in [-0.3, -0.25) is 4.79 Å². The zero-order valence-electron chi connectivity index (χ0n) is 13.9. The van der Waals surface area contributed by atoms with E-state index < -0.39 is 0 Å². The molecule has 0 saturated heterocycles. The lowest BCUT2D eigenvalue weighted by Gasteiger charge is -2.06. The molecule has 5 heteroatoms. The van der Waals surface area contributed by atoms with Crippen LogP contribution in [-0.4, -0.2) is 25.3 Å². The molecule has 0 radical (unpaired) electrons. The first-order valence-electron chi connectivity index (χ1n) is 7.74. The van der Waals surface area contributed by atoms with E-state index in [9.17, 15) is 4.79 Å². The maximum Gasteiger partial charge on any atom is 0.271 e. The summed E-state index contributed by atoms with van der Waals surface area (Å²) in [5.41, 5.74) is 3.74. The number of hydrogen-bond donors (Lipinski definition) is 1. The summed E-state index contributed by atoms with van der Waals surface area (Å²) in [6, 6.07) is 14.2. The van der Waals surface area contributed by atoms with Gasteiger partial charge in [-0.1, -0.05) is 37.4 Å². The molecule has 2 aromatic rings. The number of rotatable bonds is 9. The fourth-order valence-corrected chi connectivity index (χ4v) is 1.95. The van der Waals surface area contributed by atoms with Crippen LogP contribution in [0.15, 0.2) is 78.9 Å². The lowest BCUT2D eigenvalue weighted by molar-refractivity contribution is 0.0955. The van der Waals surface area contributed by atoms with Crippen LogP contribution in [0, 0.1) is 0 Å². The maximum atomic E-state index is 12.1. The van der Waals surface area contributed by atoms with Crippen molar-refractivity contribution in [3.63, 3.8) is 0 Å². The van der Waals surface area contributed by atoms with Gasteiger partial charge in [0.25, 0.3) is 5.91 Å². The number of carbonyl (C=O) groups is 1. The van der Waals surface area contributed by atoms with Gasteiger partial charge >= 0.3 is 0 Å². The van der Waals surface area contributed by atoms with E-state index in [-0.39, 0.29) is 5.91 Å². The number of hydrogen-bond acceptors (Lipinski definition) is 4. The van der Waals surface area contributed by atoms with Crippen molar-refractivity contribution < 1.29 is 14.3 Å². The highest BCUT2D eigenvalue weighted by Crippen LogP contribution is 2.16. The van der Waals surface area contributed by atoms with Crippen molar-refractivity contribution >= 4 is 12.1 Å². The molecule has 0 aliphatic rings. The monoisotopic (exact) mass is 336 g/mol. The molecule has 128 valence electrons. The van der Waals surface area contributed by atoms with Gasteiger partial charge in [-0.25, -0.2) is 5.43 Å². The van der Waals surface area contributed by atoms with E-state index in [2.05, 4.69) is 23.7 Å². The summed E-state index contributed by atoms with van der Waals surface area (Å²) in [5.74, 6) is 1.04. The zero-order chi connectivity index (χ0) is 17.9. The lowest BCUT2D eigenvalue weighted by Crippen LogP contribution is -2.17. The van der Waals surface area contributed by atoms with Crippen molar-refractivity contribution in [2.75, 3.05) is 13.2 Å². The highest BCUT2D eigenvalue weighted by Gasteiger charge is 2.05. The second-order valence-electron chi connectivity index (χ2n) is 4.96. The zero-order valence-corrected chi connectivity index (χ0v) is 13.9. The molecular weight excluding hydrogens is 316 g/mol. The molecule has 1 amide bonds. The van der Waals surface area contributed by atoms with Gasteiger partial charge < -0.3 is 9.47 Å². The standard InChI is InChI=1S/C20H20N2O3/c1-3-13-24-18-11-9-16(10-12-18)20(23)22-21-15-17-7-5-6-8-19(17)25-14-4-2/h3-12,15H,1-2,13-14H2,(H,22,23)/b21-15+. The maximum absolute atomic E-state index is 12.1. The van der Waals surface area contributed by atoms with Gasteiger partial charge in [-0.05, 0) is 36.4 Å². The van der Waals surface area contributed by atoms with Crippen LogP contribution >= 0.6 is 0 Å². The predicted octanol–water partition coefficient (Wildman–Crippen LogP) is 3.58. The number of hydrazone groups is 1. The summed E-state index contributed by atoms with van der Waals surface area (Å²) in [7, 11) is 0. The second-order valence-corrected chi connectivity index (χ2v) is 4.96. The van der Waals surface area contributed by atoms with Crippen molar-refractivity contribution in [2.24, 2.45) is 5.10 Å². The molecule has 0 heterocycles. The topological polar surface area (TPSA) is 59.9 Å². The van der Waals surface area contributed by atoms with Crippen LogP contribution in [0.3, 0.4) is 0 Å². The van der Waals surface area contributed by atoms with Crippen LogP contribution < -0.4 is 14.9 Å². The molecule has 0 bridgehead atoms. The van der Waals surface area contributed by atoms with E-state index >= 15 is 0 Å². The molecule has 2 aromatic carbocycles. The third kappa shape index (κ3) is 5.66. The molecule has 0 spiro atoms. The molecule has 25 heavy (non-hydrogen) atoms. The smallest absolute Gasteiger partial charge is 0.271 e. The molecule has 1 N–H and O–H groups in total. The molecule has 0 atom stereocenters. The quantitative estimate of drug-likeness (QED) is 0.432. The van der Waals surface area contributed by atoms with Gasteiger partial charge in [0.15, 0.2) is 0 Å². The number of carbonyl (C=O) groups excluding carboxylic acids is 1. The normalized spacial score (nSPS) is 10.2. The Labute approximate surface area is 147 Å². The van der Waals surface area contributed by atoms with Gasteiger partial charge in [0, 0.05) is 11.1 Å². The van der Waals surface area contributed by atoms with Gasteiger partial charge in [-0.2, -0.15) is 5.10 Å². The van der Waals surface area contributed by atoms with Crippen molar-refractivity contribution in [2.45, 2.75) is 0 Å². The van der Waals surface area contributed by atoms with E-state index in [1.54, 1.807) is 36.4 Å². The lowest BCUT2D eigenvalue weighted by atomic mass is 10.2. The number of ether oxygens (including phenoxy) is 2. The first-order chi connectivity index (χ1) is 12.2. The molecule has 0 aliphatic carbocycles. The summed E-state index contributed by atoms with van der Waals surface area (Å²) in [6.07, 6.45) is 4.86. The Balaban J connectivity index is 1.96. The van der Waals surface area contributed by atoms with Gasteiger partial charge in [0.05, 0.1) is 6.21 Å². The van der Waals surface area contributed by atoms with Crippen LogP contribution in [0.5, 0.6) is 11.5 Å². The molecule has 0 fully saturated rings. The summed E-state index contributed by atoms with van der Waals surface area (Å²) in [5, 5.41) is 3.98. The summed E-state index contributed by atoms with van der Waals surface area (Å²) in [4.78, 5) is 12.1. The Bertz CT molecular complexity index is 752. The Kier molecular flexibility index (Phi) is 7.00. The fraction of sp³-hybridized carbons (Fsp3) is 0.100. The predicted molar refractivity (Wildman–Crippen MR) is 99.3 cm³/mol. The highest BCUT2D eigenvalue weighted by atomic mass is 16.5. The average molecular weight is 336 g/mol. The van der Waals surface area contributed by atoms with E-state index in [4.69, 9.17) is 9.47 Å². The van der Waals surface area contributed by atoms with E-state index in [1.807, 2.05) is 24.3 Å². The minimum absolute atomic E-state index is 0.309. The summed E-state index contributed by atoms with van der Waals surface area (Å²) in [6.45, 7) is 8.02. The third-order valence-corrected chi connectivity index (χ3v) is 3.13. The molecule has 0 saturated carbocycles. The largest absolute Gasteiger partial charge is 0.490 e. The van der Waals surface area contributed by atoms with E-state index in [0.717, 1.165) is 5.56 Å². The molecule has 0 unspecified atom stereocenters. The Morgan fingerprint density at radius 1 is 1.00 bits per heavy atom. The number of benzene rings is 2. The minimum Gasteiger partial charge on any atom is -0.490 e. The van der Waals surface area contributed by atoms with Crippen LogP contribution in [0.2, 0.25) is 0 Å². The van der Waals surface area contributed by atoms with Crippen molar-refractivity contribution in [1.29, 1.82) is 0 Å². The highest BCUT2D eigenvalue weighted by molar-refractivity contribution is 5.95. The SMILES string of the molecule is C=CCOc1ccc(C(=O)N/N=C/c2ccccc2OCC=C)cc1. The Morgan fingerprint density at radius 2 is 1.68 bits per heavy atom. The van der Waals surface area contributed by atoms with Crippen LogP contribution in [-0.2, 0) is 0 Å². The van der Waals surface area contributed by atoms with Crippen LogP contribution in [0.25, 0.3) is 0 Å². The number of nitrogens with one attached hydrogen (secondary N) is 1. The average Bonchev–Trinajstić information content (AvgIpc) is 2.66. The van der Waals surface area contributed by atoms with Crippen molar-refractivity contribution in [3.8, 4) is 11.5 Å².